The Balaban J connectivity index is 1.34. The summed E-state index contributed by atoms with van der Waals surface area (Å²) in [5.41, 5.74) is 3.77. The number of ether oxygens (including phenoxy) is 1. The summed E-state index contributed by atoms with van der Waals surface area (Å²) in [6.07, 6.45) is 0.537. The number of carbonyl (C=O) groups excluding carboxylic acids is 2. The average Bonchev–Trinajstić information content (AvgIpc) is 3.13. The first-order valence-corrected chi connectivity index (χ1v) is 12.4. The second-order valence-corrected chi connectivity index (χ2v) is 10.2. The highest BCUT2D eigenvalue weighted by atomic mass is 16.5. The molecule has 0 saturated carbocycles. The Morgan fingerprint density at radius 3 is 2.14 bits per heavy atom. The molecule has 35 heavy (non-hydrogen) atoms. The Labute approximate surface area is 206 Å². The molecule has 1 fully saturated rings. The largest absolute Gasteiger partial charge is 0.481 e. The third-order valence-corrected chi connectivity index (χ3v) is 7.37. The average molecular weight is 479 g/mol. The van der Waals surface area contributed by atoms with E-state index in [-0.39, 0.29) is 44.0 Å². The molecule has 1 unspecified atom stereocenters. The standard InChI is InChI=1S/C28H34N2O5/c1-4-28(26(32)33)16-30(17-28)25(31)19(13-18(2)3)14-29-27(34)35-15-24-22-11-7-5-9-20(22)21-10-6-8-12-23(21)24/h5-12,18-19,24H,4,13-17H2,1-3H3,(H,29,34)(H,32,33). The molecule has 7 nitrogen and oxygen atoms in total. The number of hydrogen-bond acceptors (Lipinski definition) is 4. The first-order chi connectivity index (χ1) is 16.8. The molecule has 1 atom stereocenters. The summed E-state index contributed by atoms with van der Waals surface area (Å²) < 4.78 is 5.60. The van der Waals surface area contributed by atoms with Crippen molar-refractivity contribution in [2.75, 3.05) is 26.2 Å². The summed E-state index contributed by atoms with van der Waals surface area (Å²) in [4.78, 5) is 38.9. The van der Waals surface area contributed by atoms with Crippen LogP contribution >= 0.6 is 0 Å². The molecular weight excluding hydrogens is 444 g/mol. The smallest absolute Gasteiger partial charge is 0.407 e. The lowest BCUT2D eigenvalue weighted by molar-refractivity contribution is -0.168. The van der Waals surface area contributed by atoms with Crippen LogP contribution < -0.4 is 5.32 Å². The van der Waals surface area contributed by atoms with Gasteiger partial charge < -0.3 is 20.1 Å². The number of amides is 2. The summed E-state index contributed by atoms with van der Waals surface area (Å²) in [6.45, 7) is 6.70. The molecule has 2 N–H and O–H groups in total. The molecule has 2 aromatic rings. The van der Waals surface area contributed by atoms with Crippen LogP contribution in [0.4, 0.5) is 4.79 Å². The first kappa shape index (κ1) is 24.8. The van der Waals surface area contributed by atoms with Crippen molar-refractivity contribution in [2.24, 2.45) is 17.3 Å². The molecule has 2 aliphatic rings. The Morgan fingerprint density at radius 2 is 1.63 bits per heavy atom. The minimum absolute atomic E-state index is 0.0273. The highest BCUT2D eigenvalue weighted by molar-refractivity contribution is 5.85. The molecule has 1 saturated heterocycles. The van der Waals surface area contributed by atoms with Crippen LogP contribution in [0.5, 0.6) is 0 Å². The predicted molar refractivity (Wildman–Crippen MR) is 133 cm³/mol. The molecule has 0 radical (unpaired) electrons. The number of nitrogens with one attached hydrogen (secondary N) is 1. The van der Waals surface area contributed by atoms with Crippen LogP contribution in [0.3, 0.4) is 0 Å². The summed E-state index contributed by atoms with van der Waals surface area (Å²) in [7, 11) is 0. The van der Waals surface area contributed by atoms with Gasteiger partial charge in [0.05, 0.1) is 5.92 Å². The van der Waals surface area contributed by atoms with Crippen molar-refractivity contribution in [1.29, 1.82) is 0 Å². The van der Waals surface area contributed by atoms with E-state index >= 15 is 0 Å². The van der Waals surface area contributed by atoms with Gasteiger partial charge in [0, 0.05) is 25.6 Å². The lowest BCUT2D eigenvalue weighted by Gasteiger charge is -2.48. The zero-order valence-corrected chi connectivity index (χ0v) is 20.6. The maximum atomic E-state index is 13.1. The van der Waals surface area contributed by atoms with Gasteiger partial charge in [-0.2, -0.15) is 0 Å². The van der Waals surface area contributed by atoms with E-state index in [1.807, 2.05) is 45.0 Å². The predicted octanol–water partition coefficient (Wildman–Crippen LogP) is 4.51. The molecule has 7 heteroatoms. The van der Waals surface area contributed by atoms with Gasteiger partial charge in [-0.1, -0.05) is 69.3 Å². The van der Waals surface area contributed by atoms with Gasteiger partial charge in [0.2, 0.25) is 5.91 Å². The topological polar surface area (TPSA) is 95.9 Å². The minimum Gasteiger partial charge on any atom is -0.481 e. The van der Waals surface area contributed by atoms with Crippen LogP contribution in [0.1, 0.15) is 50.7 Å². The van der Waals surface area contributed by atoms with Gasteiger partial charge in [0.1, 0.15) is 12.0 Å². The van der Waals surface area contributed by atoms with Crippen LogP contribution in [0.15, 0.2) is 48.5 Å². The quantitative estimate of drug-likeness (QED) is 0.553. The monoisotopic (exact) mass is 478 g/mol. The van der Waals surface area contributed by atoms with Crippen LogP contribution in [-0.4, -0.2) is 54.2 Å². The van der Waals surface area contributed by atoms with E-state index in [0.29, 0.717) is 12.8 Å². The van der Waals surface area contributed by atoms with Gasteiger partial charge in [-0.05, 0) is 41.0 Å². The second kappa shape index (κ2) is 10.1. The number of carboxylic acid groups (broad SMARTS) is 1. The number of nitrogens with zero attached hydrogens (tertiary/aromatic N) is 1. The molecule has 4 rings (SSSR count). The van der Waals surface area contributed by atoms with E-state index in [1.54, 1.807) is 4.90 Å². The summed E-state index contributed by atoms with van der Waals surface area (Å²) in [5, 5.41) is 12.3. The zero-order chi connectivity index (χ0) is 25.2. The van der Waals surface area contributed by atoms with Gasteiger partial charge in [0.25, 0.3) is 0 Å². The summed E-state index contributed by atoms with van der Waals surface area (Å²) in [6, 6.07) is 16.3. The number of carbonyl (C=O) groups is 3. The fourth-order valence-corrected chi connectivity index (χ4v) is 5.30. The van der Waals surface area contributed by atoms with Crippen molar-refractivity contribution in [3.8, 4) is 11.1 Å². The van der Waals surface area contributed by atoms with Crippen LogP contribution in [-0.2, 0) is 14.3 Å². The third-order valence-electron chi connectivity index (χ3n) is 7.37. The van der Waals surface area contributed by atoms with E-state index in [0.717, 1.165) is 11.1 Å². The fourth-order valence-electron chi connectivity index (χ4n) is 5.30. The maximum absolute atomic E-state index is 13.1. The number of hydrogen-bond donors (Lipinski definition) is 2. The van der Waals surface area contributed by atoms with E-state index < -0.39 is 23.4 Å². The number of carboxylic acids is 1. The number of benzene rings is 2. The zero-order valence-electron chi connectivity index (χ0n) is 20.6. The fraction of sp³-hybridized carbons (Fsp3) is 0.464. The van der Waals surface area contributed by atoms with Crippen molar-refractivity contribution >= 4 is 18.0 Å². The van der Waals surface area contributed by atoms with E-state index in [9.17, 15) is 19.5 Å². The van der Waals surface area contributed by atoms with Gasteiger partial charge in [0.15, 0.2) is 0 Å². The van der Waals surface area contributed by atoms with Crippen molar-refractivity contribution in [3.63, 3.8) is 0 Å². The summed E-state index contributed by atoms with van der Waals surface area (Å²) in [5.74, 6) is -1.16. The molecule has 0 spiro atoms. The SMILES string of the molecule is CCC1(C(=O)O)CN(C(=O)C(CNC(=O)OCC2c3ccccc3-c3ccccc32)CC(C)C)C1. The number of likely N-dealkylation sites (tertiary alicyclic amines) is 1. The molecule has 186 valence electrons. The molecule has 1 aliphatic carbocycles. The Hall–Kier alpha value is -3.35. The van der Waals surface area contributed by atoms with Crippen molar-refractivity contribution in [1.82, 2.24) is 10.2 Å². The second-order valence-electron chi connectivity index (χ2n) is 10.2. The van der Waals surface area contributed by atoms with E-state index in [4.69, 9.17) is 4.74 Å². The number of fused-ring (bicyclic) bond motifs is 3. The third kappa shape index (κ3) is 4.90. The number of alkyl carbamates (subject to hydrolysis) is 1. The molecule has 0 bridgehead atoms. The highest BCUT2D eigenvalue weighted by Gasteiger charge is 2.50. The lowest BCUT2D eigenvalue weighted by Crippen LogP contribution is -2.63. The van der Waals surface area contributed by atoms with Crippen LogP contribution in [0.25, 0.3) is 11.1 Å². The van der Waals surface area contributed by atoms with Gasteiger partial charge in [-0.15, -0.1) is 0 Å². The van der Waals surface area contributed by atoms with Crippen LogP contribution in [0, 0.1) is 17.3 Å². The van der Waals surface area contributed by atoms with Crippen molar-refractivity contribution in [3.05, 3.63) is 59.7 Å². The van der Waals surface area contributed by atoms with Crippen molar-refractivity contribution in [2.45, 2.75) is 39.5 Å². The Bertz CT molecular complexity index is 1060. The van der Waals surface area contributed by atoms with Gasteiger partial charge in [-0.25, -0.2) is 4.79 Å². The number of rotatable bonds is 9. The lowest BCUT2D eigenvalue weighted by atomic mass is 9.76. The minimum atomic E-state index is -0.860. The molecular formula is C28H34N2O5. The normalized spacial score (nSPS) is 16.7. The van der Waals surface area contributed by atoms with Gasteiger partial charge in [-0.3, -0.25) is 9.59 Å². The highest BCUT2D eigenvalue weighted by Crippen LogP contribution is 2.44. The van der Waals surface area contributed by atoms with Gasteiger partial charge >= 0.3 is 12.1 Å². The summed E-state index contributed by atoms with van der Waals surface area (Å²) >= 11 is 0. The molecule has 1 heterocycles. The van der Waals surface area contributed by atoms with E-state index in [1.165, 1.54) is 11.1 Å². The van der Waals surface area contributed by atoms with E-state index in [2.05, 4.69) is 29.6 Å². The molecule has 2 aromatic carbocycles. The Kier molecular flexibility index (Phi) is 7.15. The first-order valence-electron chi connectivity index (χ1n) is 12.4. The number of aliphatic carboxylic acids is 1. The van der Waals surface area contributed by atoms with Crippen LogP contribution in [0.2, 0.25) is 0 Å². The van der Waals surface area contributed by atoms with Crippen molar-refractivity contribution < 1.29 is 24.2 Å². The maximum Gasteiger partial charge on any atom is 0.407 e. The molecule has 1 aliphatic heterocycles. The Morgan fingerprint density at radius 1 is 1.06 bits per heavy atom. The molecule has 0 aromatic heterocycles. The molecule has 2 amide bonds.